The van der Waals surface area contributed by atoms with E-state index in [1.807, 2.05) is 47.0 Å². The van der Waals surface area contributed by atoms with E-state index in [1.54, 1.807) is 0 Å². The maximum absolute atomic E-state index is 12.9. The first-order valence-electron chi connectivity index (χ1n) is 8.53. The second kappa shape index (κ2) is 8.53. The van der Waals surface area contributed by atoms with E-state index < -0.39 is 16.1 Å². The molecule has 3 rings (SSSR count). The second-order valence-corrected chi connectivity index (χ2v) is 9.42. The summed E-state index contributed by atoms with van der Waals surface area (Å²) >= 11 is 1.84. The number of rotatable bonds is 5. The van der Waals surface area contributed by atoms with Crippen LogP contribution in [-0.2, 0) is 25.3 Å². The van der Waals surface area contributed by atoms with E-state index in [1.165, 1.54) is 4.31 Å². The molecule has 2 fully saturated rings. The molecule has 1 atom stereocenters. The van der Waals surface area contributed by atoms with Crippen LogP contribution in [0.25, 0.3) is 0 Å². The zero-order valence-electron chi connectivity index (χ0n) is 14.2. The fourth-order valence-corrected chi connectivity index (χ4v) is 5.80. The number of ether oxygens (including phenoxy) is 1. The van der Waals surface area contributed by atoms with Crippen molar-refractivity contribution in [1.82, 2.24) is 9.21 Å². The molecular formula is C17H24N2O4S2. The van der Waals surface area contributed by atoms with Crippen LogP contribution in [0.2, 0.25) is 0 Å². The van der Waals surface area contributed by atoms with Crippen LogP contribution in [0.3, 0.4) is 0 Å². The Morgan fingerprint density at radius 2 is 1.88 bits per heavy atom. The molecule has 0 aliphatic carbocycles. The Morgan fingerprint density at radius 1 is 1.16 bits per heavy atom. The van der Waals surface area contributed by atoms with Crippen molar-refractivity contribution >= 4 is 27.7 Å². The minimum atomic E-state index is -3.48. The minimum Gasteiger partial charge on any atom is -0.378 e. The fourth-order valence-electron chi connectivity index (χ4n) is 3.18. The number of nitrogens with zero attached hydrogens (tertiary/aromatic N) is 2. The second-order valence-electron chi connectivity index (χ2n) is 6.28. The summed E-state index contributed by atoms with van der Waals surface area (Å²) in [7, 11) is -3.48. The van der Waals surface area contributed by atoms with Crippen molar-refractivity contribution in [2.45, 2.75) is 18.2 Å². The lowest BCUT2D eigenvalue weighted by molar-refractivity contribution is -0.132. The highest BCUT2D eigenvalue weighted by molar-refractivity contribution is 7.99. The molecule has 0 bridgehead atoms. The Morgan fingerprint density at radius 3 is 2.60 bits per heavy atom. The molecular weight excluding hydrogens is 360 g/mol. The molecule has 1 aromatic rings. The van der Waals surface area contributed by atoms with E-state index >= 15 is 0 Å². The summed E-state index contributed by atoms with van der Waals surface area (Å²) < 4.78 is 32.7. The average Bonchev–Trinajstić information content (AvgIpc) is 2.63. The highest BCUT2D eigenvalue weighted by atomic mass is 32.2. The van der Waals surface area contributed by atoms with Gasteiger partial charge in [-0.1, -0.05) is 30.3 Å². The third-order valence-electron chi connectivity index (χ3n) is 4.50. The Hall–Kier alpha value is -1.09. The van der Waals surface area contributed by atoms with Crippen LogP contribution < -0.4 is 0 Å². The lowest BCUT2D eigenvalue weighted by Gasteiger charge is -2.36. The molecule has 0 spiro atoms. The number of carbonyl (C=O) groups excluding carboxylic acids is 1. The standard InChI is InChI=1S/C17H24N2O4S2/c20-17(18-7-10-24-11-8-18)12-16-13-23-9-6-19(16)25(21,22)14-15-4-2-1-3-5-15/h1-5,16H,6-14H2. The van der Waals surface area contributed by atoms with Crippen LogP contribution >= 0.6 is 11.8 Å². The van der Waals surface area contributed by atoms with Crippen LogP contribution in [0.5, 0.6) is 0 Å². The van der Waals surface area contributed by atoms with Gasteiger partial charge in [-0.3, -0.25) is 4.79 Å². The van der Waals surface area contributed by atoms with Crippen LogP contribution in [-0.4, -0.2) is 73.9 Å². The van der Waals surface area contributed by atoms with Crippen molar-refractivity contribution in [3.8, 4) is 0 Å². The Bertz CT molecular complexity index is 675. The van der Waals surface area contributed by atoms with Gasteiger partial charge < -0.3 is 9.64 Å². The molecule has 1 unspecified atom stereocenters. The summed E-state index contributed by atoms with van der Waals surface area (Å²) in [5.41, 5.74) is 0.757. The first kappa shape index (κ1) is 18.7. The fraction of sp³-hybridized carbons (Fsp3) is 0.588. The summed E-state index contributed by atoms with van der Waals surface area (Å²) in [6, 6.07) is 8.74. The van der Waals surface area contributed by atoms with Gasteiger partial charge in [-0.05, 0) is 5.56 Å². The molecule has 25 heavy (non-hydrogen) atoms. The van der Waals surface area contributed by atoms with Gasteiger partial charge in [0.1, 0.15) is 0 Å². The number of morpholine rings is 1. The SMILES string of the molecule is O=C(CC1COCCN1S(=O)(=O)Cc1ccccc1)N1CCSCC1. The molecule has 2 aliphatic rings. The Balaban J connectivity index is 1.68. The van der Waals surface area contributed by atoms with E-state index in [0.717, 1.165) is 30.2 Å². The highest BCUT2D eigenvalue weighted by Crippen LogP contribution is 2.21. The summed E-state index contributed by atoms with van der Waals surface area (Å²) in [6.07, 6.45) is 0.193. The zero-order chi connectivity index (χ0) is 17.7. The molecule has 0 radical (unpaired) electrons. The molecule has 1 amide bonds. The monoisotopic (exact) mass is 384 g/mol. The van der Waals surface area contributed by atoms with E-state index in [2.05, 4.69) is 0 Å². The van der Waals surface area contributed by atoms with Gasteiger partial charge in [0.15, 0.2) is 0 Å². The third-order valence-corrected chi connectivity index (χ3v) is 7.33. The number of sulfonamides is 1. The van der Waals surface area contributed by atoms with Crippen LogP contribution in [0, 0.1) is 0 Å². The number of benzene rings is 1. The van der Waals surface area contributed by atoms with E-state index in [-0.39, 0.29) is 24.7 Å². The first-order chi connectivity index (χ1) is 12.1. The largest absolute Gasteiger partial charge is 0.378 e. The van der Waals surface area contributed by atoms with Crippen molar-refractivity contribution in [1.29, 1.82) is 0 Å². The summed E-state index contributed by atoms with van der Waals surface area (Å²) in [5.74, 6) is 1.88. The van der Waals surface area contributed by atoms with Gasteiger partial charge in [-0.15, -0.1) is 0 Å². The van der Waals surface area contributed by atoms with Crippen LogP contribution in [0.4, 0.5) is 0 Å². The van der Waals surface area contributed by atoms with Gasteiger partial charge >= 0.3 is 0 Å². The predicted octanol–water partition coefficient (Wildman–Crippen LogP) is 1.18. The molecule has 0 N–H and O–H groups in total. The van der Waals surface area contributed by atoms with Crippen molar-refractivity contribution in [3.63, 3.8) is 0 Å². The van der Waals surface area contributed by atoms with Gasteiger partial charge in [0, 0.05) is 37.6 Å². The highest BCUT2D eigenvalue weighted by Gasteiger charge is 2.35. The van der Waals surface area contributed by atoms with Crippen LogP contribution in [0.15, 0.2) is 30.3 Å². The van der Waals surface area contributed by atoms with Crippen molar-refractivity contribution in [2.75, 3.05) is 44.4 Å². The minimum absolute atomic E-state index is 0.0238. The molecule has 2 heterocycles. The first-order valence-corrected chi connectivity index (χ1v) is 11.3. The van der Waals surface area contributed by atoms with Crippen LogP contribution in [0.1, 0.15) is 12.0 Å². The van der Waals surface area contributed by atoms with E-state index in [0.29, 0.717) is 13.2 Å². The summed E-state index contributed by atoms with van der Waals surface area (Å²) in [6.45, 7) is 2.45. The number of hydrogen-bond donors (Lipinski definition) is 0. The van der Waals surface area contributed by atoms with Gasteiger partial charge in [0.25, 0.3) is 0 Å². The molecule has 8 heteroatoms. The van der Waals surface area contributed by atoms with Crippen molar-refractivity contribution in [2.24, 2.45) is 0 Å². The molecule has 1 aromatic carbocycles. The van der Waals surface area contributed by atoms with Gasteiger partial charge in [-0.25, -0.2) is 8.42 Å². The number of hydrogen-bond acceptors (Lipinski definition) is 5. The predicted molar refractivity (Wildman–Crippen MR) is 98.9 cm³/mol. The van der Waals surface area contributed by atoms with Gasteiger partial charge in [-0.2, -0.15) is 16.1 Å². The van der Waals surface area contributed by atoms with Gasteiger partial charge in [0.05, 0.1) is 25.0 Å². The van der Waals surface area contributed by atoms with Gasteiger partial charge in [0.2, 0.25) is 15.9 Å². The summed E-state index contributed by atoms with van der Waals surface area (Å²) in [4.78, 5) is 14.4. The Kier molecular flexibility index (Phi) is 6.38. The summed E-state index contributed by atoms with van der Waals surface area (Å²) in [5, 5.41) is 0. The molecule has 0 saturated carbocycles. The zero-order valence-corrected chi connectivity index (χ0v) is 15.8. The molecule has 6 nitrogen and oxygen atoms in total. The quantitative estimate of drug-likeness (QED) is 0.763. The smallest absolute Gasteiger partial charge is 0.224 e. The third kappa shape index (κ3) is 4.97. The molecule has 2 saturated heterocycles. The van der Waals surface area contributed by atoms with E-state index in [4.69, 9.17) is 4.74 Å². The Labute approximate surface area is 153 Å². The topological polar surface area (TPSA) is 66.9 Å². The number of thioether (sulfide) groups is 1. The molecule has 2 aliphatic heterocycles. The lowest BCUT2D eigenvalue weighted by atomic mass is 10.2. The van der Waals surface area contributed by atoms with E-state index in [9.17, 15) is 13.2 Å². The maximum Gasteiger partial charge on any atom is 0.224 e. The van der Waals surface area contributed by atoms with Crippen molar-refractivity contribution in [3.05, 3.63) is 35.9 Å². The van der Waals surface area contributed by atoms with Crippen molar-refractivity contribution < 1.29 is 17.9 Å². The number of amides is 1. The normalized spacial score (nSPS) is 22.7. The lowest BCUT2D eigenvalue weighted by Crippen LogP contribution is -2.51. The molecule has 138 valence electrons. The number of carbonyl (C=O) groups is 1. The average molecular weight is 385 g/mol. The molecule has 0 aromatic heterocycles. The maximum atomic E-state index is 12.9.